The molecule has 1 atom stereocenters. The average Bonchev–Trinajstić information content (AvgIpc) is 3.24. The zero-order chi connectivity index (χ0) is 27.2. The van der Waals surface area contributed by atoms with Gasteiger partial charge in [-0.1, -0.05) is 0 Å². The Labute approximate surface area is 208 Å². The van der Waals surface area contributed by atoms with E-state index < -0.39 is 35.7 Å². The molecule has 2 aromatic heterocycles. The molecule has 1 fully saturated rings. The number of alkyl halides is 5. The summed E-state index contributed by atoms with van der Waals surface area (Å²) >= 11 is 0. The number of H-pyrrole nitrogens is 1. The summed E-state index contributed by atoms with van der Waals surface area (Å²) < 4.78 is 68.5. The molecule has 0 bridgehead atoms. The number of aromatic amines is 1. The van der Waals surface area contributed by atoms with Crippen LogP contribution in [-0.2, 0) is 15.8 Å². The number of nitrogens with zero attached hydrogens (tertiary/aromatic N) is 3. The van der Waals surface area contributed by atoms with Gasteiger partial charge in [-0.25, -0.2) is 18.7 Å². The number of nitrogens with two attached hydrogens (primary N) is 1. The molecule has 2 aromatic rings. The second kappa shape index (κ2) is 11.9. The van der Waals surface area contributed by atoms with Crippen LogP contribution in [-0.4, -0.2) is 59.3 Å². The van der Waals surface area contributed by atoms with E-state index in [1.54, 1.807) is 4.90 Å². The highest BCUT2D eigenvalue weighted by Crippen LogP contribution is 2.27. The summed E-state index contributed by atoms with van der Waals surface area (Å²) in [4.78, 5) is 36.4. The van der Waals surface area contributed by atoms with Crippen molar-refractivity contribution >= 4 is 23.3 Å². The van der Waals surface area contributed by atoms with Gasteiger partial charge in [0.1, 0.15) is 11.3 Å². The first-order valence-electron chi connectivity index (χ1n) is 11.1. The van der Waals surface area contributed by atoms with Crippen LogP contribution in [0.4, 0.5) is 33.5 Å². The molecular formula is C22H25F5N7O3+. The first kappa shape index (κ1) is 27.7. The number of carbonyl (C=O) groups is 2. The lowest BCUT2D eigenvalue weighted by Crippen LogP contribution is -2.29. The quantitative estimate of drug-likeness (QED) is 0.195. The van der Waals surface area contributed by atoms with Crippen molar-refractivity contribution in [3.8, 4) is 5.88 Å². The summed E-state index contributed by atoms with van der Waals surface area (Å²) in [5.74, 6) is -1.68. The SMILES string of the molecule is CC(N)=C(C(=O)Nc1ccc(OC[C@@H]2CCN(CC(F)F)C2)[nH+]c1)C(=O)Nc1cnc(C(F)(F)F)cn1. The number of hydrogen-bond acceptors (Lipinski definition) is 7. The molecule has 200 valence electrons. The molecule has 2 amide bonds. The van der Waals surface area contributed by atoms with Crippen LogP contribution >= 0.6 is 0 Å². The molecule has 0 saturated carbocycles. The van der Waals surface area contributed by atoms with Crippen molar-refractivity contribution < 1.29 is 41.3 Å². The zero-order valence-corrected chi connectivity index (χ0v) is 19.6. The van der Waals surface area contributed by atoms with Crippen molar-refractivity contribution in [1.29, 1.82) is 0 Å². The highest BCUT2D eigenvalue weighted by atomic mass is 19.4. The van der Waals surface area contributed by atoms with E-state index in [0.717, 1.165) is 6.42 Å². The molecule has 0 spiro atoms. The number of rotatable bonds is 9. The Morgan fingerprint density at radius 2 is 1.95 bits per heavy atom. The number of pyridine rings is 1. The molecule has 10 nitrogen and oxygen atoms in total. The molecule has 0 aliphatic carbocycles. The number of anilines is 2. The van der Waals surface area contributed by atoms with Gasteiger partial charge in [0.2, 0.25) is 0 Å². The molecule has 1 aliphatic rings. The Balaban J connectivity index is 1.54. The third-order valence-electron chi connectivity index (χ3n) is 5.32. The number of aromatic nitrogens is 3. The number of carbonyl (C=O) groups excluding carboxylic acids is 2. The molecule has 5 N–H and O–H groups in total. The molecule has 0 aromatic carbocycles. The lowest BCUT2D eigenvalue weighted by atomic mass is 10.1. The number of likely N-dealkylation sites (tertiary alicyclic amines) is 1. The van der Waals surface area contributed by atoms with Gasteiger partial charge in [0.05, 0.1) is 31.6 Å². The van der Waals surface area contributed by atoms with Gasteiger partial charge in [-0.2, -0.15) is 18.2 Å². The topological polar surface area (TPSA) is 137 Å². The monoisotopic (exact) mass is 530 g/mol. The van der Waals surface area contributed by atoms with E-state index in [0.29, 0.717) is 38.0 Å². The largest absolute Gasteiger partial charge is 0.444 e. The third kappa shape index (κ3) is 8.06. The maximum atomic E-state index is 12.7. The van der Waals surface area contributed by atoms with E-state index in [1.807, 2.05) is 0 Å². The van der Waals surface area contributed by atoms with Gasteiger partial charge in [-0.3, -0.25) is 14.5 Å². The van der Waals surface area contributed by atoms with Gasteiger partial charge in [-0.15, -0.1) is 0 Å². The summed E-state index contributed by atoms with van der Waals surface area (Å²) in [6.07, 6.45) is -3.77. The van der Waals surface area contributed by atoms with Crippen molar-refractivity contribution in [3.05, 3.63) is 47.7 Å². The van der Waals surface area contributed by atoms with E-state index in [2.05, 4.69) is 25.6 Å². The second-order valence-corrected chi connectivity index (χ2v) is 8.31. The predicted molar refractivity (Wildman–Crippen MR) is 120 cm³/mol. The smallest absolute Gasteiger partial charge is 0.434 e. The van der Waals surface area contributed by atoms with Crippen LogP contribution in [0.3, 0.4) is 0 Å². The average molecular weight is 530 g/mol. The minimum Gasteiger partial charge on any atom is -0.444 e. The van der Waals surface area contributed by atoms with Crippen LogP contribution < -0.4 is 26.1 Å². The van der Waals surface area contributed by atoms with Crippen molar-refractivity contribution in [1.82, 2.24) is 14.9 Å². The Bertz CT molecular complexity index is 1120. The van der Waals surface area contributed by atoms with Crippen LogP contribution in [0.5, 0.6) is 5.88 Å². The summed E-state index contributed by atoms with van der Waals surface area (Å²) in [5, 5.41) is 4.66. The molecule has 3 rings (SSSR count). The number of amides is 2. The molecule has 15 heteroatoms. The number of ether oxygens (including phenoxy) is 1. The molecule has 37 heavy (non-hydrogen) atoms. The fraction of sp³-hybridized carbons (Fsp3) is 0.409. The highest BCUT2D eigenvalue weighted by Gasteiger charge is 2.33. The van der Waals surface area contributed by atoms with E-state index >= 15 is 0 Å². The number of allylic oxidation sites excluding steroid dienone is 1. The first-order chi connectivity index (χ1) is 17.4. The van der Waals surface area contributed by atoms with E-state index in [9.17, 15) is 31.5 Å². The normalized spacial score (nSPS) is 16.9. The van der Waals surface area contributed by atoms with Gasteiger partial charge >= 0.3 is 12.1 Å². The van der Waals surface area contributed by atoms with Crippen LogP contribution in [0.25, 0.3) is 0 Å². The van der Waals surface area contributed by atoms with Gasteiger partial charge in [0.25, 0.3) is 18.2 Å². The van der Waals surface area contributed by atoms with Crippen molar-refractivity contribution in [3.63, 3.8) is 0 Å². The molecular weight excluding hydrogens is 505 g/mol. The molecule has 1 saturated heterocycles. The van der Waals surface area contributed by atoms with Crippen molar-refractivity contribution in [2.24, 2.45) is 11.7 Å². The summed E-state index contributed by atoms with van der Waals surface area (Å²) in [6, 6.07) is 3.04. The Hall–Kier alpha value is -3.88. The standard InChI is InChI=1S/C22H24F5N7O3/c1-12(28)19(21(36)33-17-8-29-15(7-30-17)22(25,26)27)20(35)32-14-2-3-18(31-6-14)37-11-13-4-5-34(9-13)10-16(23)24/h2-3,6-8,13,16H,4-5,9-11,28H2,1H3,(H,32,35)(H,30,33,36)/p+1/t13-/m1/s1. The van der Waals surface area contributed by atoms with E-state index in [4.69, 9.17) is 10.5 Å². The highest BCUT2D eigenvalue weighted by molar-refractivity contribution is 6.26. The van der Waals surface area contributed by atoms with Crippen molar-refractivity contribution in [2.75, 3.05) is 36.9 Å². The number of halogens is 5. The second-order valence-electron chi connectivity index (χ2n) is 8.31. The van der Waals surface area contributed by atoms with Gasteiger partial charge in [-0.05, 0) is 26.0 Å². The zero-order valence-electron chi connectivity index (χ0n) is 19.6. The summed E-state index contributed by atoms with van der Waals surface area (Å²) in [6.45, 7) is 2.48. The van der Waals surface area contributed by atoms with Crippen molar-refractivity contribution in [2.45, 2.75) is 25.9 Å². The Morgan fingerprint density at radius 1 is 1.22 bits per heavy atom. The lowest BCUT2D eigenvalue weighted by molar-refractivity contribution is -0.394. The van der Waals surface area contributed by atoms with E-state index in [1.165, 1.54) is 25.3 Å². The van der Waals surface area contributed by atoms with Gasteiger partial charge in [0, 0.05) is 18.2 Å². The maximum Gasteiger partial charge on any atom is 0.434 e. The van der Waals surface area contributed by atoms with E-state index in [-0.39, 0.29) is 29.7 Å². The third-order valence-corrected chi connectivity index (χ3v) is 5.32. The van der Waals surface area contributed by atoms with Crippen LogP contribution in [0.15, 0.2) is 42.0 Å². The Kier molecular flexibility index (Phi) is 8.91. The lowest BCUT2D eigenvalue weighted by Gasteiger charge is -2.14. The minimum atomic E-state index is -4.69. The Morgan fingerprint density at radius 3 is 2.51 bits per heavy atom. The molecule has 0 unspecified atom stereocenters. The van der Waals surface area contributed by atoms with Crippen LogP contribution in [0.1, 0.15) is 19.0 Å². The van der Waals surface area contributed by atoms with Crippen LogP contribution in [0.2, 0.25) is 0 Å². The number of nitrogens with one attached hydrogen (secondary N) is 3. The molecule has 0 radical (unpaired) electrons. The fourth-order valence-corrected chi connectivity index (χ4v) is 3.57. The first-order valence-corrected chi connectivity index (χ1v) is 11.1. The molecule has 3 heterocycles. The maximum absolute atomic E-state index is 12.7. The summed E-state index contributed by atoms with van der Waals surface area (Å²) in [5.41, 5.74) is 4.09. The van der Waals surface area contributed by atoms with Crippen LogP contribution in [0, 0.1) is 5.92 Å². The predicted octanol–water partition coefficient (Wildman–Crippen LogP) is 2.09. The van der Waals surface area contributed by atoms with Gasteiger partial charge in [0.15, 0.2) is 17.7 Å². The minimum absolute atomic E-state index is 0.111. The number of hydrogen-bond donors (Lipinski definition) is 3. The van der Waals surface area contributed by atoms with Gasteiger partial charge < -0.3 is 21.1 Å². The molecule has 1 aliphatic heterocycles. The fourth-order valence-electron chi connectivity index (χ4n) is 3.57. The summed E-state index contributed by atoms with van der Waals surface area (Å²) in [7, 11) is 0.